The maximum Gasteiger partial charge on any atom is 0.191 e. The molecular formula is C22H33IN4OS. The summed E-state index contributed by atoms with van der Waals surface area (Å²) in [7, 11) is 0. The highest BCUT2D eigenvalue weighted by molar-refractivity contribution is 14.0. The summed E-state index contributed by atoms with van der Waals surface area (Å²) in [6, 6.07) is 8.73. The van der Waals surface area contributed by atoms with E-state index in [1.165, 1.54) is 16.0 Å². The normalized spacial score (nSPS) is 19.5. The third-order valence-corrected chi connectivity index (χ3v) is 6.23. The minimum Gasteiger partial charge on any atom is -0.373 e. The van der Waals surface area contributed by atoms with Gasteiger partial charge in [0.25, 0.3) is 0 Å². The van der Waals surface area contributed by atoms with Gasteiger partial charge >= 0.3 is 0 Å². The SMILES string of the molecule is CCNC(=NCc1nc(C)c(C)s1)NCC1CCCOC1c1ccc(C)cc1.I. The van der Waals surface area contributed by atoms with Crippen LogP contribution in [0.25, 0.3) is 0 Å². The highest BCUT2D eigenvalue weighted by atomic mass is 127. The first-order valence-corrected chi connectivity index (χ1v) is 11.0. The van der Waals surface area contributed by atoms with Crippen LogP contribution in [0.4, 0.5) is 0 Å². The summed E-state index contributed by atoms with van der Waals surface area (Å²) in [6.45, 7) is 11.5. The zero-order chi connectivity index (χ0) is 19.9. The van der Waals surface area contributed by atoms with Crippen LogP contribution < -0.4 is 10.6 Å². The number of aliphatic imine (C=N–C) groups is 1. The van der Waals surface area contributed by atoms with Gasteiger partial charge in [0, 0.05) is 30.5 Å². The number of nitrogens with one attached hydrogen (secondary N) is 2. The lowest BCUT2D eigenvalue weighted by molar-refractivity contribution is -0.0265. The van der Waals surface area contributed by atoms with E-state index in [1.807, 2.05) is 0 Å². The molecule has 2 atom stereocenters. The smallest absolute Gasteiger partial charge is 0.191 e. The Labute approximate surface area is 195 Å². The molecule has 2 heterocycles. The molecule has 7 heteroatoms. The number of guanidine groups is 1. The van der Waals surface area contributed by atoms with Crippen LogP contribution in [0.1, 0.15) is 52.6 Å². The third-order valence-electron chi connectivity index (χ3n) is 5.17. The summed E-state index contributed by atoms with van der Waals surface area (Å²) in [5.74, 6) is 1.28. The number of nitrogens with zero attached hydrogens (tertiary/aromatic N) is 2. The van der Waals surface area contributed by atoms with Crippen LogP contribution in [0.15, 0.2) is 29.3 Å². The van der Waals surface area contributed by atoms with Gasteiger partial charge in [0.05, 0.1) is 18.3 Å². The molecule has 0 radical (unpaired) electrons. The second-order valence-corrected chi connectivity index (χ2v) is 8.72. The van der Waals surface area contributed by atoms with Crippen molar-refractivity contribution in [2.75, 3.05) is 19.7 Å². The number of benzene rings is 1. The molecule has 0 spiro atoms. The monoisotopic (exact) mass is 528 g/mol. The Hall–Kier alpha value is -1.19. The van der Waals surface area contributed by atoms with Gasteiger partial charge in [0.1, 0.15) is 5.01 Å². The number of halogens is 1. The molecule has 29 heavy (non-hydrogen) atoms. The fraction of sp³-hybridized carbons (Fsp3) is 0.545. The average Bonchev–Trinajstić information content (AvgIpc) is 3.02. The van der Waals surface area contributed by atoms with Gasteiger partial charge in [-0.1, -0.05) is 29.8 Å². The van der Waals surface area contributed by atoms with Crippen LogP contribution in [0.2, 0.25) is 0 Å². The van der Waals surface area contributed by atoms with E-state index < -0.39 is 0 Å². The Bertz CT molecular complexity index is 771. The summed E-state index contributed by atoms with van der Waals surface area (Å²) in [5, 5.41) is 7.94. The van der Waals surface area contributed by atoms with Gasteiger partial charge in [-0.3, -0.25) is 0 Å². The van der Waals surface area contributed by atoms with E-state index in [4.69, 9.17) is 9.73 Å². The van der Waals surface area contributed by atoms with Crippen molar-refractivity contribution in [3.05, 3.63) is 51.0 Å². The molecule has 0 saturated carbocycles. The van der Waals surface area contributed by atoms with Crippen molar-refractivity contribution >= 4 is 41.3 Å². The minimum absolute atomic E-state index is 0. The molecule has 0 aliphatic carbocycles. The molecule has 5 nitrogen and oxygen atoms in total. The summed E-state index contributed by atoms with van der Waals surface area (Å²) in [6.07, 6.45) is 2.42. The molecule has 3 rings (SSSR count). The average molecular weight is 529 g/mol. The Kier molecular flexibility index (Phi) is 9.85. The molecule has 2 aromatic rings. The lowest BCUT2D eigenvalue weighted by atomic mass is 9.89. The van der Waals surface area contributed by atoms with Crippen molar-refractivity contribution < 1.29 is 4.74 Å². The van der Waals surface area contributed by atoms with Crippen LogP contribution >= 0.6 is 35.3 Å². The molecule has 1 aliphatic heterocycles. The van der Waals surface area contributed by atoms with Crippen molar-refractivity contribution in [3.63, 3.8) is 0 Å². The molecule has 1 aliphatic rings. The molecule has 2 unspecified atom stereocenters. The molecule has 1 saturated heterocycles. The fourth-order valence-corrected chi connectivity index (χ4v) is 4.36. The van der Waals surface area contributed by atoms with Gasteiger partial charge < -0.3 is 15.4 Å². The highest BCUT2D eigenvalue weighted by Crippen LogP contribution is 2.33. The number of hydrogen-bond acceptors (Lipinski definition) is 4. The van der Waals surface area contributed by atoms with E-state index in [9.17, 15) is 0 Å². The molecule has 0 amide bonds. The van der Waals surface area contributed by atoms with E-state index in [0.29, 0.717) is 12.5 Å². The van der Waals surface area contributed by atoms with E-state index in [0.717, 1.165) is 49.2 Å². The zero-order valence-electron chi connectivity index (χ0n) is 17.8. The van der Waals surface area contributed by atoms with Crippen molar-refractivity contribution in [1.82, 2.24) is 15.6 Å². The Morgan fingerprint density at radius 3 is 2.62 bits per heavy atom. The quantitative estimate of drug-likeness (QED) is 0.318. The Morgan fingerprint density at radius 1 is 1.21 bits per heavy atom. The van der Waals surface area contributed by atoms with Crippen LogP contribution in [-0.4, -0.2) is 30.6 Å². The topological polar surface area (TPSA) is 58.5 Å². The van der Waals surface area contributed by atoms with E-state index in [2.05, 4.69) is 67.6 Å². The molecular weight excluding hydrogens is 495 g/mol. The van der Waals surface area contributed by atoms with Crippen LogP contribution in [0.5, 0.6) is 0 Å². The standard InChI is InChI=1S/C22H32N4OS.HI/c1-5-23-22(25-14-20-26-16(3)17(4)28-20)24-13-19-7-6-12-27-21(19)18-10-8-15(2)9-11-18;/h8-11,19,21H,5-7,12-14H2,1-4H3,(H2,23,24,25);1H. The van der Waals surface area contributed by atoms with Gasteiger partial charge in [-0.25, -0.2) is 9.98 Å². The van der Waals surface area contributed by atoms with Crippen molar-refractivity contribution in [2.24, 2.45) is 10.9 Å². The van der Waals surface area contributed by atoms with Crippen molar-refractivity contribution in [3.8, 4) is 0 Å². The highest BCUT2D eigenvalue weighted by Gasteiger charge is 2.27. The second kappa shape index (κ2) is 11.9. The predicted molar refractivity (Wildman–Crippen MR) is 132 cm³/mol. The Balaban J connectivity index is 0.00000300. The van der Waals surface area contributed by atoms with Gasteiger partial charge in [0.15, 0.2) is 5.96 Å². The van der Waals surface area contributed by atoms with Gasteiger partial charge in [0.2, 0.25) is 0 Å². The second-order valence-electron chi connectivity index (χ2n) is 7.43. The van der Waals surface area contributed by atoms with Crippen molar-refractivity contribution in [1.29, 1.82) is 0 Å². The number of hydrogen-bond donors (Lipinski definition) is 2. The number of aromatic nitrogens is 1. The summed E-state index contributed by atoms with van der Waals surface area (Å²) in [4.78, 5) is 10.6. The molecule has 2 N–H and O–H groups in total. The largest absolute Gasteiger partial charge is 0.373 e. The fourth-order valence-electron chi connectivity index (χ4n) is 3.50. The van der Waals surface area contributed by atoms with Gasteiger partial charge in [-0.05, 0) is 46.1 Å². The number of ether oxygens (including phenoxy) is 1. The zero-order valence-corrected chi connectivity index (χ0v) is 21.0. The van der Waals surface area contributed by atoms with E-state index in [1.54, 1.807) is 11.3 Å². The molecule has 160 valence electrons. The van der Waals surface area contributed by atoms with Crippen LogP contribution in [0.3, 0.4) is 0 Å². The predicted octanol–water partition coefficient (Wildman–Crippen LogP) is 4.91. The Morgan fingerprint density at radius 2 is 1.97 bits per heavy atom. The van der Waals surface area contributed by atoms with Crippen LogP contribution in [0, 0.1) is 26.7 Å². The molecule has 1 aromatic heterocycles. The van der Waals surface area contributed by atoms with Gasteiger partial charge in [-0.2, -0.15) is 0 Å². The first-order valence-electron chi connectivity index (χ1n) is 10.2. The number of rotatable bonds is 6. The maximum absolute atomic E-state index is 6.15. The third kappa shape index (κ3) is 6.93. The van der Waals surface area contributed by atoms with E-state index in [-0.39, 0.29) is 30.1 Å². The number of aryl methyl sites for hydroxylation is 3. The molecule has 0 bridgehead atoms. The van der Waals surface area contributed by atoms with Gasteiger partial charge in [-0.15, -0.1) is 35.3 Å². The minimum atomic E-state index is 0. The lowest BCUT2D eigenvalue weighted by Gasteiger charge is -2.32. The summed E-state index contributed by atoms with van der Waals surface area (Å²) >= 11 is 1.73. The summed E-state index contributed by atoms with van der Waals surface area (Å²) in [5.41, 5.74) is 3.66. The van der Waals surface area contributed by atoms with Crippen LogP contribution in [-0.2, 0) is 11.3 Å². The van der Waals surface area contributed by atoms with E-state index >= 15 is 0 Å². The lowest BCUT2D eigenvalue weighted by Crippen LogP contribution is -2.42. The maximum atomic E-state index is 6.15. The van der Waals surface area contributed by atoms with Crippen molar-refractivity contribution in [2.45, 2.75) is 53.2 Å². The summed E-state index contributed by atoms with van der Waals surface area (Å²) < 4.78 is 6.15. The first kappa shape index (κ1) is 24.1. The number of thiazole rings is 1. The molecule has 1 aromatic carbocycles. The molecule has 1 fully saturated rings. The first-order chi connectivity index (χ1) is 13.6.